The highest BCUT2D eigenvalue weighted by molar-refractivity contribution is 6.03. The molecule has 0 saturated carbocycles. The predicted octanol–water partition coefficient (Wildman–Crippen LogP) is 2.90. The van der Waals surface area contributed by atoms with Gasteiger partial charge in [0.05, 0.1) is 28.2 Å². The summed E-state index contributed by atoms with van der Waals surface area (Å²) in [6, 6.07) is 8.56. The number of fused-ring (bicyclic) bond motifs is 3. The van der Waals surface area contributed by atoms with E-state index in [1.165, 1.54) is 35.0 Å². The van der Waals surface area contributed by atoms with E-state index in [2.05, 4.69) is 10.4 Å². The van der Waals surface area contributed by atoms with Crippen molar-refractivity contribution in [1.29, 1.82) is 0 Å². The summed E-state index contributed by atoms with van der Waals surface area (Å²) in [5, 5.41) is 7.83. The molecule has 0 saturated heterocycles. The molecule has 0 unspecified atom stereocenters. The summed E-state index contributed by atoms with van der Waals surface area (Å²) in [4.78, 5) is 25.2. The molecule has 29 heavy (non-hydrogen) atoms. The highest BCUT2D eigenvalue weighted by atomic mass is 19.1. The summed E-state index contributed by atoms with van der Waals surface area (Å²) in [7, 11) is 1.71. The van der Waals surface area contributed by atoms with Gasteiger partial charge in [-0.05, 0) is 42.8 Å². The number of carbonyl (C=O) groups is 1. The second kappa shape index (κ2) is 7.12. The predicted molar refractivity (Wildman–Crippen MR) is 106 cm³/mol. The Bertz CT molecular complexity index is 1320. The summed E-state index contributed by atoms with van der Waals surface area (Å²) >= 11 is 0. The van der Waals surface area contributed by atoms with E-state index in [1.807, 2.05) is 0 Å². The van der Waals surface area contributed by atoms with Crippen LogP contribution in [0.25, 0.3) is 21.8 Å². The van der Waals surface area contributed by atoms with Gasteiger partial charge in [0.1, 0.15) is 11.6 Å². The smallest absolute Gasteiger partial charge is 0.262 e. The molecule has 0 bridgehead atoms. The maximum Gasteiger partial charge on any atom is 0.262 e. The molecule has 0 fully saturated rings. The standard InChI is InChI=1S/C21H18F2N4O2/c1-12-3-5-14(17(23)9-12)20(28)24-7-8-27-18-10-13(22)4-6-15(18)19-16(21(27)29)11-25-26(19)2/h3-6,9-11H,7-8H2,1-2H3,(H,24,28). The summed E-state index contributed by atoms with van der Waals surface area (Å²) in [5.74, 6) is -1.66. The van der Waals surface area contributed by atoms with Crippen molar-refractivity contribution in [3.05, 3.63) is 75.7 Å². The second-order valence-corrected chi connectivity index (χ2v) is 6.89. The molecule has 0 aliphatic rings. The fourth-order valence-electron chi connectivity index (χ4n) is 3.50. The largest absolute Gasteiger partial charge is 0.350 e. The molecule has 0 spiro atoms. The minimum absolute atomic E-state index is 0.0680. The van der Waals surface area contributed by atoms with E-state index >= 15 is 0 Å². The Labute approximate surface area is 164 Å². The van der Waals surface area contributed by atoms with Crippen LogP contribution in [0.1, 0.15) is 15.9 Å². The highest BCUT2D eigenvalue weighted by Gasteiger charge is 2.16. The van der Waals surface area contributed by atoms with Gasteiger partial charge in [0, 0.05) is 25.5 Å². The maximum atomic E-state index is 14.0. The van der Waals surface area contributed by atoms with Gasteiger partial charge in [0.2, 0.25) is 0 Å². The molecular formula is C21H18F2N4O2. The first kappa shape index (κ1) is 18.8. The normalized spacial score (nSPS) is 11.3. The van der Waals surface area contributed by atoms with E-state index in [4.69, 9.17) is 0 Å². The van der Waals surface area contributed by atoms with E-state index in [-0.39, 0.29) is 24.2 Å². The molecule has 0 aliphatic heterocycles. The van der Waals surface area contributed by atoms with Crippen molar-refractivity contribution in [3.8, 4) is 0 Å². The number of benzene rings is 2. The van der Waals surface area contributed by atoms with Gasteiger partial charge in [-0.2, -0.15) is 5.10 Å². The first-order chi connectivity index (χ1) is 13.9. The number of nitrogens with one attached hydrogen (secondary N) is 1. The maximum absolute atomic E-state index is 14.0. The number of nitrogens with zero attached hydrogens (tertiary/aromatic N) is 3. The van der Waals surface area contributed by atoms with Crippen LogP contribution in [0.2, 0.25) is 0 Å². The molecule has 4 rings (SSSR count). The van der Waals surface area contributed by atoms with E-state index in [0.717, 1.165) is 0 Å². The van der Waals surface area contributed by atoms with Crippen molar-refractivity contribution in [2.45, 2.75) is 13.5 Å². The van der Waals surface area contributed by atoms with Gasteiger partial charge in [-0.1, -0.05) is 6.07 Å². The fraction of sp³-hybridized carbons (Fsp3) is 0.190. The van der Waals surface area contributed by atoms with Gasteiger partial charge in [-0.25, -0.2) is 8.78 Å². The molecule has 2 aromatic heterocycles. The molecule has 148 valence electrons. The Kier molecular flexibility index (Phi) is 4.62. The molecule has 0 radical (unpaired) electrons. The van der Waals surface area contributed by atoms with E-state index in [9.17, 15) is 18.4 Å². The first-order valence-corrected chi connectivity index (χ1v) is 9.05. The zero-order chi connectivity index (χ0) is 20.7. The molecule has 8 heteroatoms. The molecule has 0 aliphatic carbocycles. The average molecular weight is 396 g/mol. The number of rotatable bonds is 4. The molecular weight excluding hydrogens is 378 g/mol. The number of hydrogen-bond acceptors (Lipinski definition) is 3. The molecule has 2 aromatic carbocycles. The monoisotopic (exact) mass is 396 g/mol. The Hall–Kier alpha value is -3.55. The van der Waals surface area contributed by atoms with Crippen LogP contribution >= 0.6 is 0 Å². The molecule has 4 aromatic rings. The highest BCUT2D eigenvalue weighted by Crippen LogP contribution is 2.23. The van der Waals surface area contributed by atoms with Crippen LogP contribution in [-0.4, -0.2) is 26.8 Å². The van der Waals surface area contributed by atoms with Crippen LogP contribution in [0, 0.1) is 18.6 Å². The van der Waals surface area contributed by atoms with Crippen molar-refractivity contribution in [1.82, 2.24) is 19.7 Å². The SMILES string of the molecule is Cc1ccc(C(=O)NCCn2c(=O)c3cnn(C)c3c3ccc(F)cc32)c(F)c1. The number of hydrogen-bond donors (Lipinski definition) is 1. The summed E-state index contributed by atoms with van der Waals surface area (Å²) in [6.45, 7) is 1.91. The van der Waals surface area contributed by atoms with Crippen LogP contribution < -0.4 is 10.9 Å². The van der Waals surface area contributed by atoms with Crippen molar-refractivity contribution in [2.24, 2.45) is 7.05 Å². The Morgan fingerprint density at radius 3 is 2.69 bits per heavy atom. The topological polar surface area (TPSA) is 68.9 Å². The second-order valence-electron chi connectivity index (χ2n) is 6.89. The van der Waals surface area contributed by atoms with Crippen LogP contribution in [0.5, 0.6) is 0 Å². The molecule has 1 N–H and O–H groups in total. The number of aryl methyl sites for hydroxylation is 2. The third-order valence-electron chi connectivity index (χ3n) is 4.91. The Morgan fingerprint density at radius 2 is 1.93 bits per heavy atom. The number of carbonyl (C=O) groups excluding carboxylic acids is 1. The molecule has 1 amide bonds. The lowest BCUT2D eigenvalue weighted by molar-refractivity contribution is 0.0948. The van der Waals surface area contributed by atoms with Crippen LogP contribution in [0.4, 0.5) is 8.78 Å². The first-order valence-electron chi connectivity index (χ1n) is 9.05. The van der Waals surface area contributed by atoms with Crippen molar-refractivity contribution in [2.75, 3.05) is 6.54 Å². The zero-order valence-electron chi connectivity index (χ0n) is 15.9. The van der Waals surface area contributed by atoms with Gasteiger partial charge in [-0.3, -0.25) is 14.3 Å². The molecule has 6 nitrogen and oxygen atoms in total. The van der Waals surface area contributed by atoms with Crippen molar-refractivity contribution < 1.29 is 13.6 Å². The minimum Gasteiger partial charge on any atom is -0.350 e. The van der Waals surface area contributed by atoms with Crippen LogP contribution in [-0.2, 0) is 13.6 Å². The van der Waals surface area contributed by atoms with Gasteiger partial charge < -0.3 is 9.88 Å². The lowest BCUT2D eigenvalue weighted by atomic mass is 10.1. The van der Waals surface area contributed by atoms with Crippen LogP contribution in [0.15, 0.2) is 47.4 Å². The third-order valence-corrected chi connectivity index (χ3v) is 4.91. The zero-order valence-corrected chi connectivity index (χ0v) is 15.9. The quantitative estimate of drug-likeness (QED) is 0.577. The lowest BCUT2D eigenvalue weighted by Gasteiger charge is -2.13. The summed E-state index contributed by atoms with van der Waals surface area (Å²) in [5.41, 5.74) is 1.33. The van der Waals surface area contributed by atoms with Gasteiger partial charge in [0.15, 0.2) is 0 Å². The summed E-state index contributed by atoms with van der Waals surface area (Å²) in [6.07, 6.45) is 1.47. The Balaban J connectivity index is 1.67. The number of aromatic nitrogens is 3. The average Bonchev–Trinajstić information content (AvgIpc) is 3.06. The van der Waals surface area contributed by atoms with Gasteiger partial charge >= 0.3 is 0 Å². The van der Waals surface area contributed by atoms with E-state index < -0.39 is 17.5 Å². The van der Waals surface area contributed by atoms with Gasteiger partial charge in [-0.15, -0.1) is 0 Å². The van der Waals surface area contributed by atoms with Gasteiger partial charge in [0.25, 0.3) is 11.5 Å². The van der Waals surface area contributed by atoms with Crippen molar-refractivity contribution >= 4 is 27.7 Å². The van der Waals surface area contributed by atoms with E-state index in [0.29, 0.717) is 27.4 Å². The number of halogens is 2. The molecule has 0 atom stereocenters. The third kappa shape index (κ3) is 3.26. The summed E-state index contributed by atoms with van der Waals surface area (Å²) < 4.78 is 30.8. The van der Waals surface area contributed by atoms with Crippen molar-refractivity contribution in [3.63, 3.8) is 0 Å². The molecule has 2 heterocycles. The number of amides is 1. The van der Waals surface area contributed by atoms with Crippen LogP contribution in [0.3, 0.4) is 0 Å². The minimum atomic E-state index is -0.607. The fourth-order valence-corrected chi connectivity index (χ4v) is 3.50. The number of pyridine rings is 1. The van der Waals surface area contributed by atoms with E-state index in [1.54, 1.807) is 30.8 Å². The lowest BCUT2D eigenvalue weighted by Crippen LogP contribution is -2.31. The Morgan fingerprint density at radius 1 is 1.14 bits per heavy atom.